The van der Waals surface area contributed by atoms with Gasteiger partial charge in [0.2, 0.25) is 0 Å². The average Bonchev–Trinajstić information content (AvgIpc) is 2.63. The average molecular weight is 170 g/mol. The third-order valence-corrected chi connectivity index (χ3v) is 3.85. The Hall–Kier alpha value is -0.120. The molecule has 12 heavy (non-hydrogen) atoms. The van der Waals surface area contributed by atoms with Crippen molar-refractivity contribution in [3.05, 3.63) is 0 Å². The van der Waals surface area contributed by atoms with Gasteiger partial charge in [0.1, 0.15) is 0 Å². The molecule has 1 heterocycles. The first kappa shape index (κ1) is 7.30. The van der Waals surface area contributed by atoms with Gasteiger partial charge in [0.05, 0.1) is 12.2 Å². The summed E-state index contributed by atoms with van der Waals surface area (Å²) in [4.78, 5) is 0. The van der Waals surface area contributed by atoms with Crippen LogP contribution in [0.15, 0.2) is 0 Å². The maximum absolute atomic E-state index is 9.53. The lowest BCUT2D eigenvalue weighted by Gasteiger charge is -2.24. The molecule has 0 radical (unpaired) electrons. The highest BCUT2D eigenvalue weighted by Gasteiger charge is 2.60. The third-order valence-electron chi connectivity index (χ3n) is 3.85. The van der Waals surface area contributed by atoms with Crippen molar-refractivity contribution < 1.29 is 14.6 Å². The Morgan fingerprint density at radius 3 is 2.83 bits per heavy atom. The SMILES string of the molecule is COC1C2CC3C(O)OC1C3C2. The Kier molecular flexibility index (Phi) is 1.35. The van der Waals surface area contributed by atoms with Gasteiger partial charge in [-0.2, -0.15) is 0 Å². The predicted octanol–water partition coefficient (Wildman–Crippen LogP) is 0.375. The van der Waals surface area contributed by atoms with Crippen LogP contribution in [-0.4, -0.2) is 30.7 Å². The van der Waals surface area contributed by atoms with Crippen molar-refractivity contribution in [2.24, 2.45) is 17.8 Å². The predicted molar refractivity (Wildman–Crippen MR) is 41.4 cm³/mol. The fourth-order valence-electron chi connectivity index (χ4n) is 3.40. The molecule has 1 N–H and O–H groups in total. The van der Waals surface area contributed by atoms with Crippen LogP contribution in [0.2, 0.25) is 0 Å². The minimum Gasteiger partial charge on any atom is -0.378 e. The van der Waals surface area contributed by atoms with Crippen molar-refractivity contribution in [3.63, 3.8) is 0 Å². The van der Waals surface area contributed by atoms with Gasteiger partial charge in [-0.25, -0.2) is 0 Å². The molecule has 2 aliphatic carbocycles. The Labute approximate surface area is 71.7 Å². The van der Waals surface area contributed by atoms with Crippen LogP contribution in [0.4, 0.5) is 0 Å². The quantitative estimate of drug-likeness (QED) is 0.618. The van der Waals surface area contributed by atoms with Crippen molar-refractivity contribution in [2.45, 2.75) is 31.3 Å². The van der Waals surface area contributed by atoms with Gasteiger partial charge in [-0.3, -0.25) is 0 Å². The van der Waals surface area contributed by atoms with Crippen molar-refractivity contribution in [2.75, 3.05) is 7.11 Å². The highest BCUT2D eigenvalue weighted by atomic mass is 16.6. The first-order valence-corrected chi connectivity index (χ1v) is 4.67. The molecule has 6 unspecified atom stereocenters. The summed E-state index contributed by atoms with van der Waals surface area (Å²) in [6, 6.07) is 0. The van der Waals surface area contributed by atoms with Crippen LogP contribution in [0.3, 0.4) is 0 Å². The van der Waals surface area contributed by atoms with E-state index in [2.05, 4.69) is 0 Å². The van der Waals surface area contributed by atoms with Gasteiger partial charge in [-0.15, -0.1) is 0 Å². The van der Waals surface area contributed by atoms with Crippen molar-refractivity contribution in [1.29, 1.82) is 0 Å². The van der Waals surface area contributed by atoms with Crippen LogP contribution >= 0.6 is 0 Å². The number of rotatable bonds is 1. The summed E-state index contributed by atoms with van der Waals surface area (Å²) >= 11 is 0. The molecular weight excluding hydrogens is 156 g/mol. The Balaban J connectivity index is 1.91. The molecule has 2 bridgehead atoms. The Bertz CT molecular complexity index is 204. The highest BCUT2D eigenvalue weighted by Crippen LogP contribution is 2.56. The van der Waals surface area contributed by atoms with Crippen LogP contribution in [0.5, 0.6) is 0 Å². The minimum atomic E-state index is -0.509. The van der Waals surface area contributed by atoms with Gasteiger partial charge < -0.3 is 14.6 Å². The number of fused-ring (bicyclic) bond motifs is 1. The van der Waals surface area contributed by atoms with Gasteiger partial charge in [0, 0.05) is 13.0 Å². The Morgan fingerprint density at radius 1 is 1.33 bits per heavy atom. The first-order chi connectivity index (χ1) is 5.81. The zero-order valence-corrected chi connectivity index (χ0v) is 7.14. The molecule has 3 aliphatic rings. The van der Waals surface area contributed by atoms with Crippen molar-refractivity contribution in [3.8, 4) is 0 Å². The molecule has 3 heteroatoms. The topological polar surface area (TPSA) is 38.7 Å². The van der Waals surface area contributed by atoms with Crippen LogP contribution < -0.4 is 0 Å². The lowest BCUT2D eigenvalue weighted by molar-refractivity contribution is -0.126. The van der Waals surface area contributed by atoms with Gasteiger partial charge >= 0.3 is 0 Å². The maximum Gasteiger partial charge on any atom is 0.158 e. The van der Waals surface area contributed by atoms with E-state index in [1.165, 1.54) is 6.42 Å². The molecule has 0 aromatic rings. The number of hydrogen-bond acceptors (Lipinski definition) is 3. The summed E-state index contributed by atoms with van der Waals surface area (Å²) in [6.07, 6.45) is 2.23. The van der Waals surface area contributed by atoms with E-state index < -0.39 is 6.29 Å². The zero-order chi connectivity index (χ0) is 8.29. The smallest absolute Gasteiger partial charge is 0.158 e. The number of hydrogen-bond donors (Lipinski definition) is 1. The van der Waals surface area contributed by atoms with Gasteiger partial charge in [-0.1, -0.05) is 0 Å². The summed E-state index contributed by atoms with van der Waals surface area (Å²) in [5, 5.41) is 9.53. The molecule has 0 amide bonds. The van der Waals surface area contributed by atoms with E-state index in [4.69, 9.17) is 9.47 Å². The van der Waals surface area contributed by atoms with Crippen LogP contribution in [0.1, 0.15) is 12.8 Å². The highest BCUT2D eigenvalue weighted by molar-refractivity contribution is 5.07. The molecule has 3 rings (SSSR count). The standard InChI is InChI=1S/C9H14O3/c1-11-7-4-2-5-6(3-4)9(10)12-8(5)7/h4-10H,2-3H2,1H3. The van der Waals surface area contributed by atoms with E-state index in [0.29, 0.717) is 17.8 Å². The molecular formula is C9H14O3. The fraction of sp³-hybridized carbons (Fsp3) is 1.00. The molecule has 1 saturated heterocycles. The summed E-state index contributed by atoms with van der Waals surface area (Å²) in [5.74, 6) is 1.63. The lowest BCUT2D eigenvalue weighted by Crippen LogP contribution is -2.33. The van der Waals surface area contributed by atoms with E-state index in [1.54, 1.807) is 7.11 Å². The van der Waals surface area contributed by atoms with E-state index in [-0.39, 0.29) is 12.2 Å². The number of methoxy groups -OCH3 is 1. The fourth-order valence-corrected chi connectivity index (χ4v) is 3.40. The van der Waals surface area contributed by atoms with Crippen molar-refractivity contribution >= 4 is 0 Å². The number of aliphatic hydroxyl groups is 1. The van der Waals surface area contributed by atoms with Gasteiger partial charge in [0.25, 0.3) is 0 Å². The summed E-state index contributed by atoms with van der Waals surface area (Å²) in [5.41, 5.74) is 0. The third kappa shape index (κ3) is 0.679. The second-order valence-electron chi connectivity index (χ2n) is 4.25. The molecule has 2 saturated carbocycles. The van der Waals surface area contributed by atoms with Crippen molar-refractivity contribution in [1.82, 2.24) is 0 Å². The van der Waals surface area contributed by atoms with E-state index in [9.17, 15) is 5.11 Å². The molecule has 3 fully saturated rings. The summed E-state index contributed by atoms with van der Waals surface area (Å²) < 4.78 is 10.9. The van der Waals surface area contributed by atoms with E-state index in [1.807, 2.05) is 0 Å². The van der Waals surface area contributed by atoms with E-state index in [0.717, 1.165) is 6.42 Å². The normalized spacial score (nSPS) is 61.5. The molecule has 6 atom stereocenters. The van der Waals surface area contributed by atoms with Crippen LogP contribution in [-0.2, 0) is 9.47 Å². The summed E-state index contributed by atoms with van der Waals surface area (Å²) in [7, 11) is 1.74. The molecule has 3 nitrogen and oxygen atoms in total. The largest absolute Gasteiger partial charge is 0.378 e. The molecule has 68 valence electrons. The Morgan fingerprint density at radius 2 is 2.08 bits per heavy atom. The van der Waals surface area contributed by atoms with Gasteiger partial charge in [0.15, 0.2) is 6.29 Å². The van der Waals surface area contributed by atoms with Gasteiger partial charge in [-0.05, 0) is 24.7 Å². The minimum absolute atomic E-state index is 0.189. The monoisotopic (exact) mass is 170 g/mol. The summed E-state index contributed by atoms with van der Waals surface area (Å²) in [6.45, 7) is 0. The second-order valence-corrected chi connectivity index (χ2v) is 4.25. The first-order valence-electron chi connectivity index (χ1n) is 4.67. The lowest BCUT2D eigenvalue weighted by atomic mass is 9.88. The number of ether oxygens (including phenoxy) is 2. The molecule has 0 spiro atoms. The molecule has 1 aliphatic heterocycles. The second kappa shape index (κ2) is 2.22. The molecule has 0 aromatic heterocycles. The van der Waals surface area contributed by atoms with Crippen LogP contribution in [0.25, 0.3) is 0 Å². The van der Waals surface area contributed by atoms with Crippen LogP contribution in [0, 0.1) is 17.8 Å². The molecule has 0 aromatic carbocycles. The van der Waals surface area contributed by atoms with E-state index >= 15 is 0 Å². The number of aliphatic hydroxyl groups excluding tert-OH is 1. The maximum atomic E-state index is 9.53. The zero-order valence-electron chi connectivity index (χ0n) is 7.14.